The molecule has 1 heterocycles. The van der Waals surface area contributed by atoms with Gasteiger partial charge in [-0.2, -0.15) is 0 Å². The Bertz CT molecular complexity index is 821. The van der Waals surface area contributed by atoms with Gasteiger partial charge in [-0.1, -0.05) is 43.9 Å². The van der Waals surface area contributed by atoms with Gasteiger partial charge in [0.2, 0.25) is 5.75 Å². The highest BCUT2D eigenvalue weighted by molar-refractivity contribution is 6.31. The maximum atomic E-state index is 12.5. The summed E-state index contributed by atoms with van der Waals surface area (Å²) in [5, 5.41) is 13.5. The molecule has 0 unspecified atom stereocenters. The van der Waals surface area contributed by atoms with Crippen molar-refractivity contribution in [2.45, 2.75) is 71.6 Å². The second kappa shape index (κ2) is 10.5. The van der Waals surface area contributed by atoms with Crippen LogP contribution in [0, 0.1) is 0 Å². The first-order valence-electron chi connectivity index (χ1n) is 10.1. The predicted octanol–water partition coefficient (Wildman–Crippen LogP) is 4.51. The van der Waals surface area contributed by atoms with Crippen LogP contribution in [0.25, 0.3) is 0 Å². The summed E-state index contributed by atoms with van der Waals surface area (Å²) in [5.74, 6) is -0.542. The van der Waals surface area contributed by atoms with E-state index in [0.29, 0.717) is 17.4 Å². The van der Waals surface area contributed by atoms with Crippen molar-refractivity contribution in [2.75, 3.05) is 6.54 Å². The number of aromatic nitrogens is 2. The summed E-state index contributed by atoms with van der Waals surface area (Å²) in [6.07, 6.45) is 8.68. The zero-order chi connectivity index (χ0) is 20.7. The molecule has 1 fully saturated rings. The van der Waals surface area contributed by atoms with E-state index < -0.39 is 17.2 Å². The Morgan fingerprint density at radius 3 is 2.64 bits per heavy atom. The summed E-state index contributed by atoms with van der Waals surface area (Å²) in [6.45, 7) is 6.32. The van der Waals surface area contributed by atoms with Crippen molar-refractivity contribution in [3.63, 3.8) is 0 Å². The summed E-state index contributed by atoms with van der Waals surface area (Å²) in [7, 11) is 0. The van der Waals surface area contributed by atoms with Crippen molar-refractivity contribution >= 4 is 17.5 Å². The highest BCUT2D eigenvalue weighted by Crippen LogP contribution is 2.32. The van der Waals surface area contributed by atoms with Gasteiger partial charge >= 0.3 is 0 Å². The van der Waals surface area contributed by atoms with Crippen LogP contribution >= 0.6 is 11.6 Å². The van der Waals surface area contributed by atoms with Crippen molar-refractivity contribution in [3.8, 4) is 5.75 Å². The van der Waals surface area contributed by atoms with E-state index in [1.165, 1.54) is 0 Å². The van der Waals surface area contributed by atoms with Gasteiger partial charge in [-0.25, -0.2) is 4.98 Å². The molecule has 3 rings (SSSR count). The van der Waals surface area contributed by atoms with Gasteiger partial charge in [0.25, 0.3) is 11.5 Å². The van der Waals surface area contributed by atoms with Crippen molar-refractivity contribution in [3.05, 3.63) is 44.1 Å². The van der Waals surface area contributed by atoms with E-state index >= 15 is 0 Å². The Morgan fingerprint density at radius 1 is 1.29 bits per heavy atom. The zero-order valence-corrected chi connectivity index (χ0v) is 17.7. The minimum atomic E-state index is -0.665. The fourth-order valence-electron chi connectivity index (χ4n) is 3.53. The molecular weight excluding hydrogens is 378 g/mol. The SMILES string of the molecule is CC.CC1=C(Cl)C=C(CNC(=O)c2nc(C3CCCC3)[nH]c(=O)c2O)CCC1. The maximum Gasteiger partial charge on any atom is 0.293 e. The molecule has 2 aliphatic carbocycles. The molecule has 0 aliphatic heterocycles. The van der Waals surface area contributed by atoms with E-state index in [4.69, 9.17) is 11.6 Å². The van der Waals surface area contributed by atoms with Crippen molar-refractivity contribution in [1.29, 1.82) is 0 Å². The number of H-pyrrole nitrogens is 1. The molecule has 1 aromatic rings. The molecule has 0 saturated heterocycles. The maximum absolute atomic E-state index is 12.5. The number of allylic oxidation sites excluding steroid dienone is 3. The third-order valence-corrected chi connectivity index (χ3v) is 5.57. The van der Waals surface area contributed by atoms with Crippen molar-refractivity contribution in [2.24, 2.45) is 0 Å². The smallest absolute Gasteiger partial charge is 0.293 e. The Morgan fingerprint density at radius 2 is 1.96 bits per heavy atom. The third-order valence-electron chi connectivity index (χ3n) is 5.13. The number of hydrogen-bond donors (Lipinski definition) is 3. The molecule has 6 nitrogen and oxygen atoms in total. The van der Waals surface area contributed by atoms with E-state index in [-0.39, 0.29) is 11.6 Å². The van der Waals surface area contributed by atoms with Gasteiger partial charge in [0.15, 0.2) is 5.69 Å². The second-order valence-corrected chi connectivity index (χ2v) is 7.50. The first-order valence-corrected chi connectivity index (χ1v) is 10.5. The van der Waals surface area contributed by atoms with Gasteiger partial charge in [-0.3, -0.25) is 9.59 Å². The van der Waals surface area contributed by atoms with E-state index in [0.717, 1.165) is 56.1 Å². The van der Waals surface area contributed by atoms with Crippen LogP contribution in [-0.2, 0) is 0 Å². The monoisotopic (exact) mass is 407 g/mol. The molecular formula is C21H30ClN3O3. The van der Waals surface area contributed by atoms with Crippen LogP contribution in [0.2, 0.25) is 0 Å². The van der Waals surface area contributed by atoms with Crippen LogP contribution in [0.1, 0.15) is 87.9 Å². The molecule has 0 atom stereocenters. The number of amides is 1. The number of aromatic amines is 1. The number of rotatable bonds is 4. The van der Waals surface area contributed by atoms with Crippen molar-refractivity contribution < 1.29 is 9.90 Å². The molecule has 0 radical (unpaired) electrons. The van der Waals surface area contributed by atoms with Crippen LogP contribution in [0.15, 0.2) is 27.0 Å². The molecule has 0 spiro atoms. The quantitative estimate of drug-likeness (QED) is 0.684. The highest BCUT2D eigenvalue weighted by Gasteiger charge is 2.24. The average Bonchev–Trinajstić information content (AvgIpc) is 3.18. The predicted molar refractivity (Wildman–Crippen MR) is 112 cm³/mol. The lowest BCUT2D eigenvalue weighted by atomic mass is 10.1. The largest absolute Gasteiger partial charge is 0.501 e. The molecule has 28 heavy (non-hydrogen) atoms. The minimum absolute atomic E-state index is 0.145. The van der Waals surface area contributed by atoms with E-state index in [1.54, 1.807) is 0 Å². The minimum Gasteiger partial charge on any atom is -0.501 e. The average molecular weight is 408 g/mol. The highest BCUT2D eigenvalue weighted by atomic mass is 35.5. The van der Waals surface area contributed by atoms with E-state index in [9.17, 15) is 14.7 Å². The molecule has 2 aliphatic rings. The van der Waals surface area contributed by atoms with Gasteiger partial charge in [-0.15, -0.1) is 0 Å². The summed E-state index contributed by atoms with van der Waals surface area (Å²) in [5.41, 5.74) is 1.29. The lowest BCUT2D eigenvalue weighted by Gasteiger charge is -2.12. The van der Waals surface area contributed by atoms with E-state index in [1.807, 2.05) is 26.8 Å². The normalized spacial score (nSPS) is 17.5. The van der Waals surface area contributed by atoms with Gasteiger partial charge < -0.3 is 15.4 Å². The Labute approximate surface area is 171 Å². The van der Waals surface area contributed by atoms with Gasteiger partial charge in [0.1, 0.15) is 5.82 Å². The molecule has 3 N–H and O–H groups in total. The Kier molecular flexibility index (Phi) is 8.30. The number of nitrogens with zero attached hydrogens (tertiary/aromatic N) is 1. The van der Waals surface area contributed by atoms with Crippen LogP contribution in [0.4, 0.5) is 0 Å². The zero-order valence-electron chi connectivity index (χ0n) is 16.9. The first-order chi connectivity index (χ1) is 13.5. The number of carbonyl (C=O) groups is 1. The number of nitrogens with one attached hydrogen (secondary N) is 2. The Balaban J connectivity index is 0.00000136. The molecule has 0 bridgehead atoms. The molecule has 1 saturated carbocycles. The summed E-state index contributed by atoms with van der Waals surface area (Å²) in [6, 6.07) is 0. The van der Waals surface area contributed by atoms with Crippen molar-refractivity contribution in [1.82, 2.24) is 15.3 Å². The lowest BCUT2D eigenvalue weighted by Crippen LogP contribution is -2.29. The molecule has 154 valence electrons. The lowest BCUT2D eigenvalue weighted by molar-refractivity contribution is 0.0947. The van der Waals surface area contributed by atoms with Crippen LogP contribution in [0.5, 0.6) is 5.75 Å². The number of aromatic hydroxyl groups is 1. The molecule has 7 heteroatoms. The van der Waals surface area contributed by atoms with Crippen LogP contribution in [-0.4, -0.2) is 27.5 Å². The number of carbonyl (C=O) groups excluding carboxylic acids is 1. The molecule has 1 aromatic heterocycles. The van der Waals surface area contributed by atoms with Gasteiger partial charge in [0, 0.05) is 17.5 Å². The summed E-state index contributed by atoms with van der Waals surface area (Å²) < 4.78 is 0. The fourth-order valence-corrected chi connectivity index (χ4v) is 3.78. The summed E-state index contributed by atoms with van der Waals surface area (Å²) in [4.78, 5) is 31.3. The van der Waals surface area contributed by atoms with Gasteiger partial charge in [0.05, 0.1) is 0 Å². The number of hydrogen-bond acceptors (Lipinski definition) is 4. The molecule has 1 amide bonds. The third kappa shape index (κ3) is 5.47. The summed E-state index contributed by atoms with van der Waals surface area (Å²) >= 11 is 6.23. The number of halogens is 1. The standard InChI is InChI=1S/C19H24ClN3O3.C2H6/c1-11-5-4-6-12(9-14(11)20)10-21-18(25)15-16(24)19(26)23-17(22-15)13-7-2-3-8-13;1-2/h9,13,24H,2-8,10H2,1H3,(H,21,25)(H,22,23,26);1-2H3. The topological polar surface area (TPSA) is 95.1 Å². The fraction of sp³-hybridized carbons (Fsp3) is 0.571. The first kappa shape index (κ1) is 22.2. The Hall–Kier alpha value is -2.08. The van der Waals surface area contributed by atoms with Gasteiger partial charge in [-0.05, 0) is 50.7 Å². The van der Waals surface area contributed by atoms with E-state index in [2.05, 4.69) is 15.3 Å². The van der Waals surface area contributed by atoms with Crippen LogP contribution in [0.3, 0.4) is 0 Å². The molecule has 0 aromatic carbocycles. The second-order valence-electron chi connectivity index (χ2n) is 7.10. The van der Waals surface area contributed by atoms with Crippen LogP contribution < -0.4 is 10.9 Å².